The Labute approximate surface area is 176 Å². The smallest absolute Gasteiger partial charge is 0.243 e. The van der Waals surface area contributed by atoms with Gasteiger partial charge in [-0.2, -0.15) is 0 Å². The highest BCUT2D eigenvalue weighted by Crippen LogP contribution is 2.31. The quantitative estimate of drug-likeness (QED) is 0.529. The summed E-state index contributed by atoms with van der Waals surface area (Å²) in [5.41, 5.74) is 4.57. The second kappa shape index (κ2) is 9.43. The van der Waals surface area contributed by atoms with Crippen LogP contribution in [0.2, 0.25) is 0 Å². The highest BCUT2D eigenvalue weighted by Gasteiger charge is 2.29. The van der Waals surface area contributed by atoms with Crippen molar-refractivity contribution in [2.75, 3.05) is 27.8 Å². The summed E-state index contributed by atoms with van der Waals surface area (Å²) in [6, 6.07) is 11.0. The van der Waals surface area contributed by atoms with Gasteiger partial charge in [0.15, 0.2) is 0 Å². The average molecular weight is 409 g/mol. The van der Waals surface area contributed by atoms with Gasteiger partial charge in [0, 0.05) is 35.1 Å². The van der Waals surface area contributed by atoms with E-state index in [0.717, 1.165) is 35.3 Å². The summed E-state index contributed by atoms with van der Waals surface area (Å²) >= 11 is 0. The van der Waals surface area contributed by atoms with Crippen LogP contribution >= 0.6 is 0 Å². The molecule has 7 nitrogen and oxygen atoms in total. The first kappa shape index (κ1) is 21.4. The second-order valence-electron chi connectivity index (χ2n) is 7.52. The Balaban J connectivity index is 1.60. The molecule has 1 aliphatic carbocycles. The molecular formula is C23H28N4O3. The van der Waals surface area contributed by atoms with Crippen molar-refractivity contribution in [1.82, 2.24) is 0 Å². The number of carbonyl (C=O) groups excluding carboxylic acids is 3. The van der Waals surface area contributed by atoms with Crippen molar-refractivity contribution in [1.29, 1.82) is 0 Å². The SMILES string of the molecule is CCC(=O)Nc1cccc(NCC(=O)Nc2cccc(NC(=O)C3CC3)c2C)c1C. The van der Waals surface area contributed by atoms with Gasteiger partial charge in [-0.25, -0.2) is 0 Å². The fourth-order valence-electron chi connectivity index (χ4n) is 3.06. The second-order valence-corrected chi connectivity index (χ2v) is 7.52. The predicted octanol–water partition coefficient (Wildman–Crippen LogP) is 4.05. The lowest BCUT2D eigenvalue weighted by molar-refractivity contribution is -0.117. The van der Waals surface area contributed by atoms with Crippen LogP contribution in [-0.2, 0) is 14.4 Å². The average Bonchev–Trinajstić information content (AvgIpc) is 3.57. The van der Waals surface area contributed by atoms with Crippen molar-refractivity contribution in [2.45, 2.75) is 40.0 Å². The van der Waals surface area contributed by atoms with Crippen molar-refractivity contribution in [3.8, 4) is 0 Å². The first-order chi connectivity index (χ1) is 14.4. The fraction of sp³-hybridized carbons (Fsp3) is 0.348. The molecule has 4 N–H and O–H groups in total. The van der Waals surface area contributed by atoms with Gasteiger partial charge in [0.2, 0.25) is 17.7 Å². The number of hydrogen-bond donors (Lipinski definition) is 4. The number of amides is 3. The first-order valence-corrected chi connectivity index (χ1v) is 10.2. The minimum atomic E-state index is -0.203. The van der Waals surface area contributed by atoms with E-state index in [1.807, 2.05) is 50.2 Å². The third kappa shape index (κ3) is 5.37. The molecule has 0 spiro atoms. The lowest BCUT2D eigenvalue weighted by atomic mass is 10.1. The summed E-state index contributed by atoms with van der Waals surface area (Å²) in [5, 5.41) is 11.8. The Hall–Kier alpha value is -3.35. The monoisotopic (exact) mass is 408 g/mol. The molecule has 0 atom stereocenters. The number of nitrogens with one attached hydrogen (secondary N) is 4. The molecule has 0 radical (unpaired) electrons. The van der Waals surface area contributed by atoms with Gasteiger partial charge < -0.3 is 21.3 Å². The molecule has 0 aromatic heterocycles. The topological polar surface area (TPSA) is 99.3 Å². The van der Waals surface area contributed by atoms with E-state index in [9.17, 15) is 14.4 Å². The zero-order valence-corrected chi connectivity index (χ0v) is 17.6. The molecule has 30 heavy (non-hydrogen) atoms. The summed E-state index contributed by atoms with van der Waals surface area (Å²) in [6.07, 6.45) is 2.28. The highest BCUT2D eigenvalue weighted by molar-refractivity contribution is 5.98. The summed E-state index contributed by atoms with van der Waals surface area (Å²) in [6.45, 7) is 5.63. The molecule has 7 heteroatoms. The number of rotatable bonds is 8. The maximum absolute atomic E-state index is 12.5. The molecule has 3 rings (SSSR count). The van der Waals surface area contributed by atoms with Crippen molar-refractivity contribution in [2.24, 2.45) is 5.92 Å². The van der Waals surface area contributed by atoms with E-state index in [4.69, 9.17) is 0 Å². The van der Waals surface area contributed by atoms with E-state index in [0.29, 0.717) is 17.8 Å². The van der Waals surface area contributed by atoms with Crippen LogP contribution in [0.4, 0.5) is 22.7 Å². The highest BCUT2D eigenvalue weighted by atomic mass is 16.2. The number of anilines is 4. The van der Waals surface area contributed by atoms with Crippen LogP contribution < -0.4 is 21.3 Å². The Morgan fingerprint density at radius 2 is 1.30 bits per heavy atom. The lowest BCUT2D eigenvalue weighted by Crippen LogP contribution is -2.23. The van der Waals surface area contributed by atoms with Gasteiger partial charge in [-0.1, -0.05) is 19.1 Å². The van der Waals surface area contributed by atoms with E-state index in [1.165, 1.54) is 0 Å². The predicted molar refractivity (Wildman–Crippen MR) is 120 cm³/mol. The zero-order valence-electron chi connectivity index (χ0n) is 17.6. The van der Waals surface area contributed by atoms with Crippen molar-refractivity contribution < 1.29 is 14.4 Å². The van der Waals surface area contributed by atoms with Gasteiger partial charge in [-0.05, 0) is 62.1 Å². The minimum Gasteiger partial charge on any atom is -0.376 e. The van der Waals surface area contributed by atoms with E-state index < -0.39 is 0 Å². The molecule has 158 valence electrons. The molecule has 3 amide bonds. The van der Waals surface area contributed by atoms with E-state index in [2.05, 4.69) is 21.3 Å². The Morgan fingerprint density at radius 3 is 1.87 bits per heavy atom. The summed E-state index contributed by atoms with van der Waals surface area (Å²) in [7, 11) is 0. The third-order valence-electron chi connectivity index (χ3n) is 5.18. The van der Waals surface area contributed by atoms with Crippen LogP contribution in [0.15, 0.2) is 36.4 Å². The van der Waals surface area contributed by atoms with Gasteiger partial charge >= 0.3 is 0 Å². The largest absolute Gasteiger partial charge is 0.376 e. The lowest BCUT2D eigenvalue weighted by Gasteiger charge is -2.15. The van der Waals surface area contributed by atoms with Gasteiger partial charge in [0.05, 0.1) is 6.54 Å². The van der Waals surface area contributed by atoms with Crippen LogP contribution in [0.3, 0.4) is 0 Å². The molecular weight excluding hydrogens is 380 g/mol. The summed E-state index contributed by atoms with van der Waals surface area (Å²) in [4.78, 5) is 36.2. The van der Waals surface area contributed by atoms with Crippen LogP contribution in [0.1, 0.15) is 37.3 Å². The summed E-state index contributed by atoms with van der Waals surface area (Å²) < 4.78 is 0. The molecule has 0 heterocycles. The summed E-state index contributed by atoms with van der Waals surface area (Å²) in [5.74, 6) is -0.106. The van der Waals surface area contributed by atoms with Crippen molar-refractivity contribution in [3.05, 3.63) is 47.5 Å². The molecule has 1 aliphatic rings. The molecule has 1 fully saturated rings. The van der Waals surface area contributed by atoms with Crippen molar-refractivity contribution >= 4 is 40.5 Å². The van der Waals surface area contributed by atoms with E-state index in [1.54, 1.807) is 6.92 Å². The normalized spacial score (nSPS) is 12.8. The molecule has 1 saturated carbocycles. The maximum atomic E-state index is 12.5. The van der Waals surface area contributed by atoms with Crippen LogP contribution in [0.5, 0.6) is 0 Å². The van der Waals surface area contributed by atoms with Gasteiger partial charge in [-0.15, -0.1) is 0 Å². The molecule has 0 unspecified atom stereocenters. The number of benzene rings is 2. The molecule has 2 aromatic rings. The van der Waals surface area contributed by atoms with E-state index in [-0.39, 0.29) is 30.2 Å². The maximum Gasteiger partial charge on any atom is 0.243 e. The van der Waals surface area contributed by atoms with Gasteiger partial charge in [-0.3, -0.25) is 14.4 Å². The minimum absolute atomic E-state index is 0.0359. The molecule has 2 aromatic carbocycles. The number of carbonyl (C=O) groups is 3. The Morgan fingerprint density at radius 1 is 0.800 bits per heavy atom. The van der Waals surface area contributed by atoms with Crippen LogP contribution in [0, 0.1) is 19.8 Å². The van der Waals surface area contributed by atoms with Gasteiger partial charge in [0.25, 0.3) is 0 Å². The van der Waals surface area contributed by atoms with Crippen LogP contribution in [-0.4, -0.2) is 24.3 Å². The van der Waals surface area contributed by atoms with Crippen LogP contribution in [0.25, 0.3) is 0 Å². The van der Waals surface area contributed by atoms with E-state index >= 15 is 0 Å². The molecule has 0 saturated heterocycles. The molecule has 0 aliphatic heterocycles. The Bertz CT molecular complexity index is 967. The van der Waals surface area contributed by atoms with Crippen molar-refractivity contribution in [3.63, 3.8) is 0 Å². The molecule has 0 bridgehead atoms. The number of hydrogen-bond acceptors (Lipinski definition) is 4. The Kier molecular flexibility index (Phi) is 6.72. The third-order valence-corrected chi connectivity index (χ3v) is 5.18. The fourth-order valence-corrected chi connectivity index (χ4v) is 3.06. The van der Waals surface area contributed by atoms with Gasteiger partial charge in [0.1, 0.15) is 0 Å². The first-order valence-electron chi connectivity index (χ1n) is 10.2. The zero-order chi connectivity index (χ0) is 21.7. The standard InChI is InChI=1S/C23H28N4O3/c1-4-21(28)25-18-8-5-7-17(14(18)2)24-13-22(29)26-19-9-6-10-20(15(19)3)27-23(30)16-11-12-16/h5-10,16,24H,4,11-13H2,1-3H3,(H,25,28)(H,26,29)(H,27,30).